The number of carbonyl (C=O) groups excluding carboxylic acids is 1. The molecule has 0 radical (unpaired) electrons. The molecule has 0 N–H and O–H groups in total. The zero-order valence-electron chi connectivity index (χ0n) is 15.9. The Morgan fingerprint density at radius 2 is 2.00 bits per heavy atom. The first-order valence-electron chi connectivity index (χ1n) is 9.55. The molecule has 1 aliphatic rings. The van der Waals surface area contributed by atoms with Gasteiger partial charge in [-0.25, -0.2) is 18.2 Å². The Morgan fingerprint density at radius 3 is 2.73 bits per heavy atom. The second kappa shape index (κ2) is 9.36. The molecular formula is C21H19F3N2O2S2. The van der Waals surface area contributed by atoms with E-state index in [2.05, 4.69) is 4.98 Å². The lowest BCUT2D eigenvalue weighted by molar-refractivity contribution is -0.118. The van der Waals surface area contributed by atoms with Crippen LogP contribution in [0.1, 0.15) is 19.3 Å². The minimum atomic E-state index is -0.746. The maximum Gasteiger partial charge on any atom is 0.229 e. The Balaban J connectivity index is 1.50. The molecule has 0 saturated carbocycles. The first-order valence-corrected chi connectivity index (χ1v) is 11.4. The predicted molar refractivity (Wildman–Crippen MR) is 113 cm³/mol. The second-order valence-corrected chi connectivity index (χ2v) is 9.10. The van der Waals surface area contributed by atoms with Gasteiger partial charge in [-0.3, -0.25) is 9.69 Å². The average Bonchev–Trinajstić information content (AvgIpc) is 3.37. The van der Waals surface area contributed by atoms with Crippen molar-refractivity contribution in [1.29, 1.82) is 0 Å². The van der Waals surface area contributed by atoms with Gasteiger partial charge in [0.25, 0.3) is 0 Å². The summed E-state index contributed by atoms with van der Waals surface area (Å²) in [6, 6.07) is 8.10. The van der Waals surface area contributed by atoms with E-state index in [4.69, 9.17) is 4.74 Å². The number of hydrogen-bond acceptors (Lipinski definition) is 5. The van der Waals surface area contributed by atoms with Crippen LogP contribution in [-0.2, 0) is 9.53 Å². The zero-order valence-corrected chi connectivity index (χ0v) is 17.6. The summed E-state index contributed by atoms with van der Waals surface area (Å²) in [5.74, 6) is -1.40. The van der Waals surface area contributed by atoms with E-state index in [1.807, 2.05) is 0 Å². The van der Waals surface area contributed by atoms with Gasteiger partial charge in [0, 0.05) is 29.7 Å². The van der Waals surface area contributed by atoms with Crippen LogP contribution in [0.25, 0.3) is 10.2 Å². The Kier molecular flexibility index (Phi) is 6.60. The number of fused-ring (bicyclic) bond motifs is 1. The van der Waals surface area contributed by atoms with E-state index in [9.17, 15) is 18.0 Å². The third-order valence-corrected chi connectivity index (χ3v) is 6.78. The molecule has 1 amide bonds. The molecule has 0 spiro atoms. The van der Waals surface area contributed by atoms with Crippen LogP contribution >= 0.6 is 23.1 Å². The lowest BCUT2D eigenvalue weighted by atomic mass is 10.2. The smallest absolute Gasteiger partial charge is 0.229 e. The third-order valence-electron chi connectivity index (χ3n) is 4.74. The Bertz CT molecular complexity index is 1040. The lowest BCUT2D eigenvalue weighted by Crippen LogP contribution is -2.37. The standard InChI is InChI=1S/C21H19F3N2O2S2/c22-13-3-5-16(6-4-13)29-9-7-19(27)26(12-15-2-1-8-28-15)21-25-20-17(24)10-14(23)11-18(20)30-21/h3-6,10-11,15H,1-2,7-9,12H2. The molecule has 3 aromatic rings. The van der Waals surface area contributed by atoms with E-state index in [1.54, 1.807) is 12.1 Å². The van der Waals surface area contributed by atoms with Gasteiger partial charge in [-0.05, 0) is 43.2 Å². The van der Waals surface area contributed by atoms with Crippen LogP contribution in [0.3, 0.4) is 0 Å². The van der Waals surface area contributed by atoms with Gasteiger partial charge in [0.15, 0.2) is 10.9 Å². The van der Waals surface area contributed by atoms with Crippen molar-refractivity contribution >= 4 is 44.4 Å². The zero-order chi connectivity index (χ0) is 21.1. The van der Waals surface area contributed by atoms with Crippen molar-refractivity contribution in [2.24, 2.45) is 0 Å². The number of nitrogens with zero attached hydrogens (tertiary/aromatic N) is 2. The highest BCUT2D eigenvalue weighted by atomic mass is 32.2. The van der Waals surface area contributed by atoms with Gasteiger partial charge in [0.1, 0.15) is 17.2 Å². The minimum Gasteiger partial charge on any atom is -0.376 e. The molecule has 0 aliphatic carbocycles. The van der Waals surface area contributed by atoms with Crippen molar-refractivity contribution in [3.63, 3.8) is 0 Å². The molecule has 4 rings (SSSR count). The highest BCUT2D eigenvalue weighted by Crippen LogP contribution is 2.32. The molecule has 9 heteroatoms. The van der Waals surface area contributed by atoms with Crippen LogP contribution in [0.15, 0.2) is 41.3 Å². The van der Waals surface area contributed by atoms with Crippen molar-refractivity contribution in [3.05, 3.63) is 53.8 Å². The van der Waals surface area contributed by atoms with E-state index in [0.29, 0.717) is 28.7 Å². The second-order valence-electron chi connectivity index (χ2n) is 6.92. The largest absolute Gasteiger partial charge is 0.376 e. The van der Waals surface area contributed by atoms with Gasteiger partial charge in [-0.15, -0.1) is 11.8 Å². The molecule has 1 aliphatic heterocycles. The van der Waals surface area contributed by atoms with Crippen molar-refractivity contribution in [2.45, 2.75) is 30.3 Å². The van der Waals surface area contributed by atoms with Crippen molar-refractivity contribution < 1.29 is 22.7 Å². The summed E-state index contributed by atoms with van der Waals surface area (Å²) in [5, 5.41) is 0.335. The molecule has 1 unspecified atom stereocenters. The molecule has 1 saturated heterocycles. The molecule has 2 aromatic carbocycles. The summed E-state index contributed by atoms with van der Waals surface area (Å²) in [7, 11) is 0. The number of thioether (sulfide) groups is 1. The molecule has 1 fully saturated rings. The quantitative estimate of drug-likeness (QED) is 0.450. The summed E-state index contributed by atoms with van der Waals surface area (Å²) < 4.78 is 46.7. The highest BCUT2D eigenvalue weighted by molar-refractivity contribution is 7.99. The molecule has 4 nitrogen and oxygen atoms in total. The number of ether oxygens (including phenoxy) is 1. The average molecular weight is 453 g/mol. The van der Waals surface area contributed by atoms with Crippen molar-refractivity contribution in [1.82, 2.24) is 4.98 Å². The maximum absolute atomic E-state index is 14.1. The molecule has 2 heterocycles. The Hall–Kier alpha value is -2.10. The van der Waals surface area contributed by atoms with Gasteiger partial charge < -0.3 is 4.74 Å². The van der Waals surface area contributed by atoms with E-state index < -0.39 is 11.6 Å². The number of anilines is 1. The normalized spacial score (nSPS) is 16.3. The fourth-order valence-corrected chi connectivity index (χ4v) is 5.13. The number of amides is 1. The summed E-state index contributed by atoms with van der Waals surface area (Å²) in [6.45, 7) is 0.969. The number of rotatable bonds is 7. The molecule has 158 valence electrons. The molecule has 1 aromatic heterocycles. The van der Waals surface area contributed by atoms with Crippen molar-refractivity contribution in [3.8, 4) is 0 Å². The van der Waals surface area contributed by atoms with Gasteiger partial charge in [0.2, 0.25) is 5.91 Å². The third kappa shape index (κ3) is 4.96. The van der Waals surface area contributed by atoms with Gasteiger partial charge in [-0.2, -0.15) is 0 Å². The van der Waals surface area contributed by atoms with Gasteiger partial charge in [0.05, 0.1) is 17.3 Å². The topological polar surface area (TPSA) is 42.4 Å². The number of carbonyl (C=O) groups is 1. The SMILES string of the molecule is O=C(CCSc1ccc(F)cc1)N(CC1CCCO1)c1nc2c(F)cc(F)cc2s1. The Labute approximate surface area is 180 Å². The number of thiazole rings is 1. The summed E-state index contributed by atoms with van der Waals surface area (Å²) in [4.78, 5) is 19.7. The van der Waals surface area contributed by atoms with Crippen LogP contribution < -0.4 is 4.90 Å². The Morgan fingerprint density at radius 1 is 1.20 bits per heavy atom. The predicted octanol–water partition coefficient (Wildman–Crippen LogP) is 5.41. The lowest BCUT2D eigenvalue weighted by Gasteiger charge is -2.23. The van der Waals surface area contributed by atoms with Crippen LogP contribution in [0.2, 0.25) is 0 Å². The molecule has 30 heavy (non-hydrogen) atoms. The van der Waals surface area contributed by atoms with Crippen LogP contribution in [0, 0.1) is 17.5 Å². The van der Waals surface area contributed by atoms with Crippen LogP contribution in [-0.4, -0.2) is 35.9 Å². The summed E-state index contributed by atoms with van der Waals surface area (Å²) in [5.41, 5.74) is 0.0576. The van der Waals surface area contributed by atoms with E-state index in [0.717, 1.165) is 35.1 Å². The highest BCUT2D eigenvalue weighted by Gasteiger charge is 2.26. The van der Waals surface area contributed by atoms with Crippen LogP contribution in [0.5, 0.6) is 0 Å². The monoisotopic (exact) mass is 452 g/mol. The first-order chi connectivity index (χ1) is 14.5. The summed E-state index contributed by atoms with van der Waals surface area (Å²) in [6.07, 6.45) is 1.88. The molecule has 1 atom stereocenters. The number of benzene rings is 2. The number of hydrogen-bond donors (Lipinski definition) is 0. The molecule has 0 bridgehead atoms. The van der Waals surface area contributed by atoms with Crippen molar-refractivity contribution in [2.75, 3.05) is 23.8 Å². The maximum atomic E-state index is 14.1. The fraction of sp³-hybridized carbons (Fsp3) is 0.333. The fourth-order valence-electron chi connectivity index (χ4n) is 3.26. The van der Waals surface area contributed by atoms with E-state index in [-0.39, 0.29) is 29.8 Å². The summed E-state index contributed by atoms with van der Waals surface area (Å²) >= 11 is 2.54. The van der Waals surface area contributed by atoms with Gasteiger partial charge in [-0.1, -0.05) is 11.3 Å². The molecular weight excluding hydrogens is 433 g/mol. The first kappa shape index (κ1) is 21.1. The van der Waals surface area contributed by atoms with Crippen LogP contribution in [0.4, 0.5) is 18.3 Å². The minimum absolute atomic E-state index is 0.0576. The number of halogens is 3. The van der Waals surface area contributed by atoms with Gasteiger partial charge >= 0.3 is 0 Å². The van der Waals surface area contributed by atoms with E-state index >= 15 is 0 Å². The number of aromatic nitrogens is 1. The van der Waals surface area contributed by atoms with E-state index in [1.165, 1.54) is 34.9 Å².